The number of likely N-dealkylation sites (tertiary alicyclic amines) is 1. The maximum atomic E-state index is 12.8. The van der Waals surface area contributed by atoms with Crippen LogP contribution in [-0.4, -0.2) is 44.3 Å². The molecule has 0 unspecified atom stereocenters. The largest absolute Gasteiger partial charge is 0.424 e. The van der Waals surface area contributed by atoms with Crippen molar-refractivity contribution in [2.45, 2.75) is 50.4 Å². The monoisotopic (exact) mass is 327 g/mol. The summed E-state index contributed by atoms with van der Waals surface area (Å²) in [5.41, 5.74) is 1.33. The Kier molecular flexibility index (Phi) is 2.90. The Morgan fingerprint density at radius 3 is 3.00 bits per heavy atom. The van der Waals surface area contributed by atoms with Crippen molar-refractivity contribution < 1.29 is 9.21 Å². The van der Waals surface area contributed by atoms with Crippen molar-refractivity contribution in [3.63, 3.8) is 0 Å². The van der Waals surface area contributed by atoms with Crippen LogP contribution >= 0.6 is 0 Å². The van der Waals surface area contributed by atoms with Crippen molar-refractivity contribution in [2.75, 3.05) is 13.1 Å². The predicted molar refractivity (Wildman–Crippen MR) is 84.5 cm³/mol. The zero-order chi connectivity index (χ0) is 16.3. The van der Waals surface area contributed by atoms with Crippen LogP contribution in [0.4, 0.5) is 0 Å². The van der Waals surface area contributed by atoms with E-state index in [0.29, 0.717) is 24.1 Å². The number of carbonyl (C=O) groups excluding carboxylic acids is 1. The summed E-state index contributed by atoms with van der Waals surface area (Å²) in [6, 6.07) is 0. The maximum absolute atomic E-state index is 12.8. The lowest BCUT2D eigenvalue weighted by Gasteiger charge is -2.24. The van der Waals surface area contributed by atoms with Gasteiger partial charge in [0.2, 0.25) is 11.8 Å². The molecular weight excluding hydrogens is 306 g/mol. The summed E-state index contributed by atoms with van der Waals surface area (Å²) in [5.74, 6) is 2.45. The molecule has 0 bridgehead atoms. The second-order valence-corrected chi connectivity index (χ2v) is 7.58. The standard InChI is InChI=1S/C17H21N5O2/c1-10-7-18-19-13(10)15(23)22-8-12-3-2-6-17(12,9-22)16-21-20-14(24-16)11-4-5-11/h7,11-12H,2-6,8-9H2,1H3,(H,18,19)/t12-,17-/m0/s1. The lowest BCUT2D eigenvalue weighted by molar-refractivity contribution is 0.0769. The molecule has 2 atom stereocenters. The number of hydrogen-bond donors (Lipinski definition) is 1. The molecule has 1 N–H and O–H groups in total. The number of aromatic nitrogens is 4. The first kappa shape index (κ1) is 14.2. The van der Waals surface area contributed by atoms with Gasteiger partial charge in [0.15, 0.2) is 0 Å². The van der Waals surface area contributed by atoms with Gasteiger partial charge >= 0.3 is 0 Å². The van der Waals surface area contributed by atoms with E-state index in [1.54, 1.807) is 6.20 Å². The second-order valence-electron chi connectivity index (χ2n) is 7.58. The Bertz CT molecular complexity index is 793. The molecule has 0 aromatic carbocycles. The van der Waals surface area contributed by atoms with E-state index in [4.69, 9.17) is 4.42 Å². The number of aromatic amines is 1. The van der Waals surface area contributed by atoms with E-state index in [1.165, 1.54) is 0 Å². The van der Waals surface area contributed by atoms with E-state index >= 15 is 0 Å². The summed E-state index contributed by atoms with van der Waals surface area (Å²) in [4.78, 5) is 14.8. The molecule has 2 aromatic heterocycles. The Morgan fingerprint density at radius 2 is 2.25 bits per heavy atom. The van der Waals surface area contributed by atoms with E-state index in [-0.39, 0.29) is 11.3 Å². The minimum absolute atomic E-state index is 0.0284. The second kappa shape index (κ2) is 4.91. The zero-order valence-electron chi connectivity index (χ0n) is 13.8. The molecule has 7 heteroatoms. The summed E-state index contributed by atoms with van der Waals surface area (Å²) in [6.07, 6.45) is 7.31. The number of H-pyrrole nitrogens is 1. The van der Waals surface area contributed by atoms with Crippen LogP contribution in [0, 0.1) is 12.8 Å². The summed E-state index contributed by atoms with van der Waals surface area (Å²) < 4.78 is 6.06. The van der Waals surface area contributed by atoms with Gasteiger partial charge in [-0.3, -0.25) is 9.89 Å². The number of amides is 1. The third-order valence-corrected chi connectivity index (χ3v) is 5.99. The number of rotatable bonds is 3. The molecule has 2 saturated carbocycles. The van der Waals surface area contributed by atoms with Gasteiger partial charge in [0.1, 0.15) is 5.69 Å². The third kappa shape index (κ3) is 1.96. The first-order valence-electron chi connectivity index (χ1n) is 8.80. The summed E-state index contributed by atoms with van der Waals surface area (Å²) >= 11 is 0. The molecule has 5 rings (SSSR count). The number of nitrogens with one attached hydrogen (secondary N) is 1. The first-order chi connectivity index (χ1) is 11.7. The van der Waals surface area contributed by atoms with Crippen LogP contribution in [0.2, 0.25) is 0 Å². The molecule has 2 aromatic rings. The minimum atomic E-state index is -0.149. The van der Waals surface area contributed by atoms with Gasteiger partial charge in [0, 0.05) is 19.0 Å². The van der Waals surface area contributed by atoms with Gasteiger partial charge in [-0.1, -0.05) is 6.42 Å². The molecule has 7 nitrogen and oxygen atoms in total. The number of aryl methyl sites for hydroxylation is 1. The zero-order valence-corrected chi connectivity index (χ0v) is 13.8. The Labute approximate surface area is 139 Å². The lowest BCUT2D eigenvalue weighted by Crippen LogP contribution is -2.35. The van der Waals surface area contributed by atoms with Crippen LogP contribution in [0.25, 0.3) is 0 Å². The van der Waals surface area contributed by atoms with Gasteiger partial charge in [-0.05, 0) is 44.1 Å². The highest BCUT2D eigenvalue weighted by Crippen LogP contribution is 2.51. The van der Waals surface area contributed by atoms with Crippen molar-refractivity contribution in [3.05, 3.63) is 29.2 Å². The highest BCUT2D eigenvalue weighted by molar-refractivity contribution is 5.94. The average Bonchev–Trinajstić information content (AvgIpc) is 2.97. The van der Waals surface area contributed by atoms with E-state index in [1.807, 2.05) is 11.8 Å². The minimum Gasteiger partial charge on any atom is -0.424 e. The van der Waals surface area contributed by atoms with Gasteiger partial charge in [0.25, 0.3) is 5.91 Å². The van der Waals surface area contributed by atoms with Crippen LogP contribution in [0.3, 0.4) is 0 Å². The molecule has 0 spiro atoms. The molecule has 3 fully saturated rings. The van der Waals surface area contributed by atoms with Crippen LogP contribution in [0.15, 0.2) is 10.6 Å². The van der Waals surface area contributed by atoms with Crippen molar-refractivity contribution >= 4 is 5.91 Å². The molecule has 3 aliphatic rings. The summed E-state index contributed by atoms with van der Waals surface area (Å²) in [6.45, 7) is 3.34. The number of fused-ring (bicyclic) bond motifs is 1. The fourth-order valence-corrected chi connectivity index (χ4v) is 4.45. The Balaban J connectivity index is 1.45. The number of nitrogens with zero attached hydrogens (tertiary/aromatic N) is 4. The SMILES string of the molecule is Cc1cn[nH]c1C(=O)N1C[C@@H]2CCC[C@]2(c2nnc(C3CC3)o2)C1. The smallest absolute Gasteiger partial charge is 0.272 e. The highest BCUT2D eigenvalue weighted by Gasteiger charge is 2.55. The lowest BCUT2D eigenvalue weighted by atomic mass is 9.80. The summed E-state index contributed by atoms with van der Waals surface area (Å²) in [5, 5.41) is 15.5. The molecule has 0 radical (unpaired) electrons. The van der Waals surface area contributed by atoms with Crippen molar-refractivity contribution in [2.24, 2.45) is 5.92 Å². The predicted octanol–water partition coefficient (Wildman–Crippen LogP) is 2.17. The van der Waals surface area contributed by atoms with E-state index in [0.717, 1.165) is 56.0 Å². The fourth-order valence-electron chi connectivity index (χ4n) is 4.45. The average molecular weight is 327 g/mol. The van der Waals surface area contributed by atoms with E-state index in [2.05, 4.69) is 20.4 Å². The normalized spacial score (nSPS) is 29.2. The molecule has 126 valence electrons. The molecule has 1 aliphatic heterocycles. The van der Waals surface area contributed by atoms with Gasteiger partial charge in [-0.15, -0.1) is 10.2 Å². The van der Waals surface area contributed by atoms with Crippen LogP contribution in [0.5, 0.6) is 0 Å². The van der Waals surface area contributed by atoms with Gasteiger partial charge in [-0.2, -0.15) is 5.10 Å². The molecule has 3 heterocycles. The number of carbonyl (C=O) groups is 1. The molecule has 2 aliphatic carbocycles. The van der Waals surface area contributed by atoms with Crippen LogP contribution < -0.4 is 0 Å². The maximum Gasteiger partial charge on any atom is 0.272 e. The molecule has 24 heavy (non-hydrogen) atoms. The van der Waals surface area contributed by atoms with E-state index < -0.39 is 0 Å². The van der Waals surface area contributed by atoms with Gasteiger partial charge in [-0.25, -0.2) is 0 Å². The Morgan fingerprint density at radius 1 is 1.38 bits per heavy atom. The number of hydrogen-bond acceptors (Lipinski definition) is 5. The van der Waals surface area contributed by atoms with Gasteiger partial charge in [0.05, 0.1) is 11.6 Å². The quantitative estimate of drug-likeness (QED) is 0.933. The summed E-state index contributed by atoms with van der Waals surface area (Å²) in [7, 11) is 0. The van der Waals surface area contributed by atoms with Gasteiger partial charge < -0.3 is 9.32 Å². The fraction of sp³-hybridized carbons (Fsp3) is 0.647. The van der Waals surface area contributed by atoms with Crippen molar-refractivity contribution in [1.82, 2.24) is 25.3 Å². The highest BCUT2D eigenvalue weighted by atomic mass is 16.4. The molecule has 1 amide bonds. The third-order valence-electron chi connectivity index (χ3n) is 5.99. The topological polar surface area (TPSA) is 87.9 Å². The first-order valence-corrected chi connectivity index (χ1v) is 8.80. The molecule has 1 saturated heterocycles. The van der Waals surface area contributed by atoms with Crippen LogP contribution in [0.1, 0.15) is 65.9 Å². The van der Waals surface area contributed by atoms with Crippen molar-refractivity contribution in [3.8, 4) is 0 Å². The van der Waals surface area contributed by atoms with Crippen molar-refractivity contribution in [1.29, 1.82) is 0 Å². The van der Waals surface area contributed by atoms with Crippen LogP contribution in [-0.2, 0) is 5.41 Å². The Hall–Kier alpha value is -2.18. The van der Waals surface area contributed by atoms with E-state index in [9.17, 15) is 4.79 Å². The molecular formula is C17H21N5O2.